The van der Waals surface area contributed by atoms with Crippen LogP contribution in [-0.2, 0) is 19.4 Å². The van der Waals surface area contributed by atoms with Gasteiger partial charge in [0.05, 0.1) is 0 Å². The molecule has 4 rings (SSSR count). The fraction of sp³-hybridized carbons (Fsp3) is 0.375. The molecule has 5 nitrogen and oxygen atoms in total. The normalized spacial score (nSPS) is 16.8. The number of nitrogens with one attached hydrogen (secondary N) is 3. The number of phenolic OH excluding ortho intramolecular Hbond substituents is 1. The van der Waals surface area contributed by atoms with E-state index in [0.29, 0.717) is 18.8 Å². The van der Waals surface area contributed by atoms with Crippen molar-refractivity contribution < 1.29 is 9.90 Å². The predicted octanol–water partition coefficient (Wildman–Crippen LogP) is 4.25. The molecule has 2 unspecified atom stereocenters. The molecule has 6 heteroatoms. The Bertz CT molecular complexity index is 1050. The van der Waals surface area contributed by atoms with Crippen molar-refractivity contribution in [3.63, 3.8) is 0 Å². The fourth-order valence-electron chi connectivity index (χ4n) is 4.07. The third-order valence-electron chi connectivity index (χ3n) is 5.81. The summed E-state index contributed by atoms with van der Waals surface area (Å²) in [5, 5.41) is 20.5. The maximum Gasteiger partial charge on any atom is 0.315 e. The molecule has 0 saturated carbocycles. The summed E-state index contributed by atoms with van der Waals surface area (Å²) in [6.07, 6.45) is 2.58. The molecule has 2 heterocycles. The topological polar surface area (TPSA) is 73.4 Å². The van der Waals surface area contributed by atoms with Crippen molar-refractivity contribution in [2.45, 2.75) is 51.7 Å². The van der Waals surface area contributed by atoms with Crippen molar-refractivity contribution >= 4 is 27.5 Å². The summed E-state index contributed by atoms with van der Waals surface area (Å²) >= 11 is 1.83. The third kappa shape index (κ3) is 4.77. The number of aryl methyl sites for hydroxylation is 1. The van der Waals surface area contributed by atoms with Crippen LogP contribution in [0.4, 0.5) is 4.79 Å². The molecule has 2 amide bonds. The lowest BCUT2D eigenvalue weighted by Gasteiger charge is -2.27. The zero-order valence-electron chi connectivity index (χ0n) is 17.5. The van der Waals surface area contributed by atoms with Gasteiger partial charge in [-0.3, -0.25) is 0 Å². The Morgan fingerprint density at radius 3 is 2.93 bits per heavy atom. The summed E-state index contributed by atoms with van der Waals surface area (Å²) in [5.74, 6) is 0.297. The number of rotatable bonds is 6. The number of amides is 2. The van der Waals surface area contributed by atoms with Crippen molar-refractivity contribution in [1.29, 1.82) is 0 Å². The Hall–Kier alpha value is -2.57. The van der Waals surface area contributed by atoms with Crippen LogP contribution in [0.1, 0.15) is 34.9 Å². The van der Waals surface area contributed by atoms with Crippen LogP contribution in [0, 0.1) is 6.92 Å². The number of benzene rings is 2. The van der Waals surface area contributed by atoms with Gasteiger partial charge in [0.1, 0.15) is 5.75 Å². The average molecular weight is 424 g/mol. The molecule has 0 aliphatic carbocycles. The largest absolute Gasteiger partial charge is 0.508 e. The number of urea groups is 1. The van der Waals surface area contributed by atoms with Crippen LogP contribution in [-0.4, -0.2) is 29.8 Å². The van der Waals surface area contributed by atoms with Gasteiger partial charge in [-0.15, -0.1) is 11.3 Å². The van der Waals surface area contributed by atoms with Crippen molar-refractivity contribution in [1.82, 2.24) is 16.0 Å². The molecule has 1 aliphatic heterocycles. The Labute approximate surface area is 181 Å². The molecule has 2 aromatic carbocycles. The minimum atomic E-state index is -0.113. The number of hydrogen-bond donors (Lipinski definition) is 4. The molecule has 30 heavy (non-hydrogen) atoms. The molecule has 0 saturated heterocycles. The minimum Gasteiger partial charge on any atom is -0.508 e. The first-order chi connectivity index (χ1) is 14.5. The van der Waals surface area contributed by atoms with Crippen molar-refractivity contribution in [3.05, 3.63) is 64.0 Å². The number of thiophene rings is 1. The van der Waals surface area contributed by atoms with E-state index in [1.807, 2.05) is 17.4 Å². The molecule has 4 N–H and O–H groups in total. The fourth-order valence-corrected chi connectivity index (χ4v) is 5.27. The Morgan fingerprint density at radius 2 is 2.13 bits per heavy atom. The van der Waals surface area contributed by atoms with Crippen molar-refractivity contribution in [2.24, 2.45) is 0 Å². The van der Waals surface area contributed by atoms with E-state index in [0.717, 1.165) is 24.8 Å². The maximum absolute atomic E-state index is 12.5. The molecule has 1 aromatic heterocycles. The van der Waals surface area contributed by atoms with Crippen LogP contribution < -0.4 is 16.0 Å². The van der Waals surface area contributed by atoms with Gasteiger partial charge in [-0.2, -0.15) is 0 Å². The van der Waals surface area contributed by atoms with Gasteiger partial charge in [-0.25, -0.2) is 4.79 Å². The minimum absolute atomic E-state index is 0.112. The van der Waals surface area contributed by atoms with E-state index in [1.54, 1.807) is 12.1 Å². The lowest BCUT2D eigenvalue weighted by molar-refractivity contribution is 0.234. The van der Waals surface area contributed by atoms with Crippen molar-refractivity contribution in [3.8, 4) is 5.75 Å². The number of aromatic hydroxyl groups is 1. The second-order valence-corrected chi connectivity index (χ2v) is 9.24. The van der Waals surface area contributed by atoms with E-state index >= 15 is 0 Å². The average Bonchev–Trinajstić information content (AvgIpc) is 3.15. The second kappa shape index (κ2) is 9.06. The van der Waals surface area contributed by atoms with Crippen LogP contribution >= 0.6 is 11.3 Å². The summed E-state index contributed by atoms with van der Waals surface area (Å²) < 4.78 is 1.34. The molecule has 0 radical (unpaired) electrons. The highest BCUT2D eigenvalue weighted by Crippen LogP contribution is 2.29. The van der Waals surface area contributed by atoms with Gasteiger partial charge in [0.15, 0.2) is 0 Å². The predicted molar refractivity (Wildman–Crippen MR) is 123 cm³/mol. The molecule has 158 valence electrons. The summed E-state index contributed by atoms with van der Waals surface area (Å²) in [4.78, 5) is 13.8. The number of hydrogen-bond acceptors (Lipinski definition) is 4. The van der Waals surface area contributed by atoms with E-state index in [1.165, 1.54) is 26.1 Å². The quantitative estimate of drug-likeness (QED) is 0.479. The van der Waals surface area contributed by atoms with E-state index < -0.39 is 0 Å². The first-order valence-corrected chi connectivity index (χ1v) is 11.4. The highest BCUT2D eigenvalue weighted by atomic mass is 32.1. The van der Waals surface area contributed by atoms with E-state index in [9.17, 15) is 9.90 Å². The summed E-state index contributed by atoms with van der Waals surface area (Å²) in [6.45, 7) is 5.54. The van der Waals surface area contributed by atoms with Gasteiger partial charge in [0, 0.05) is 41.2 Å². The molecule has 1 aliphatic rings. The summed E-state index contributed by atoms with van der Waals surface area (Å²) in [5.41, 5.74) is 3.66. The lowest BCUT2D eigenvalue weighted by atomic mass is 9.95. The maximum atomic E-state index is 12.5. The monoisotopic (exact) mass is 423 g/mol. The molecule has 3 aromatic rings. The first-order valence-electron chi connectivity index (χ1n) is 10.6. The zero-order valence-corrected chi connectivity index (χ0v) is 18.3. The first kappa shape index (κ1) is 20.7. The van der Waals surface area contributed by atoms with Crippen LogP contribution in [0.15, 0.2) is 42.5 Å². The van der Waals surface area contributed by atoms with E-state index in [-0.39, 0.29) is 18.1 Å². The number of carbonyl (C=O) groups is 1. The SMILES string of the molecule is CCC(Cc1cc2cccc(C)c2s1)NC(=O)NCC1Cc2ccc(O)cc2CN1. The zero-order chi connectivity index (χ0) is 21.1. The van der Waals surface area contributed by atoms with Crippen LogP contribution in [0.5, 0.6) is 5.75 Å². The van der Waals surface area contributed by atoms with Crippen molar-refractivity contribution in [2.75, 3.05) is 6.54 Å². The summed E-state index contributed by atoms with van der Waals surface area (Å²) in [6, 6.07) is 14.3. The van der Waals surface area contributed by atoms with Gasteiger partial charge >= 0.3 is 6.03 Å². The highest BCUT2D eigenvalue weighted by molar-refractivity contribution is 7.19. The highest BCUT2D eigenvalue weighted by Gasteiger charge is 2.19. The number of carbonyl (C=O) groups excluding carboxylic acids is 1. The van der Waals surface area contributed by atoms with Gasteiger partial charge < -0.3 is 21.1 Å². The molecule has 2 atom stereocenters. The Balaban J connectivity index is 1.29. The van der Waals surface area contributed by atoms with Gasteiger partial charge in [0.25, 0.3) is 0 Å². The molecule has 0 spiro atoms. The standard InChI is InChI=1S/C24H29N3O2S/c1-3-19(12-22-11-17-6-4-5-15(2)23(17)30-22)27-24(29)26-14-20-9-16-7-8-21(28)10-18(16)13-25-20/h4-8,10-11,19-20,25,28H,3,9,12-14H2,1-2H3,(H2,26,27,29). The van der Waals surface area contributed by atoms with Crippen LogP contribution in [0.25, 0.3) is 10.1 Å². The number of fused-ring (bicyclic) bond motifs is 2. The van der Waals surface area contributed by atoms with Crippen LogP contribution in [0.3, 0.4) is 0 Å². The van der Waals surface area contributed by atoms with Gasteiger partial charge in [-0.05, 0) is 60.0 Å². The third-order valence-corrected chi connectivity index (χ3v) is 7.12. The lowest BCUT2D eigenvalue weighted by Crippen LogP contribution is -2.49. The molecule has 0 bridgehead atoms. The Morgan fingerprint density at radius 1 is 1.27 bits per heavy atom. The molecular formula is C24H29N3O2S. The molecular weight excluding hydrogens is 394 g/mol. The molecule has 0 fully saturated rings. The number of phenols is 1. The van der Waals surface area contributed by atoms with E-state index in [2.05, 4.69) is 54.1 Å². The second-order valence-electron chi connectivity index (χ2n) is 8.10. The van der Waals surface area contributed by atoms with Crippen LogP contribution in [0.2, 0.25) is 0 Å². The summed E-state index contributed by atoms with van der Waals surface area (Å²) in [7, 11) is 0. The van der Waals surface area contributed by atoms with Gasteiger partial charge in [0.2, 0.25) is 0 Å². The van der Waals surface area contributed by atoms with E-state index in [4.69, 9.17) is 0 Å². The smallest absolute Gasteiger partial charge is 0.315 e. The Kier molecular flexibility index (Phi) is 6.25. The van der Waals surface area contributed by atoms with Gasteiger partial charge in [-0.1, -0.05) is 31.2 Å².